The van der Waals surface area contributed by atoms with Crippen molar-refractivity contribution in [2.45, 2.75) is 45.1 Å². The van der Waals surface area contributed by atoms with Crippen LogP contribution in [0.5, 0.6) is 0 Å². The summed E-state index contributed by atoms with van der Waals surface area (Å²) in [6, 6.07) is 8.66. The molecular weight excluding hydrogens is 397 g/mol. The summed E-state index contributed by atoms with van der Waals surface area (Å²) < 4.78 is 0. The highest BCUT2D eigenvalue weighted by atomic mass is 127. The van der Waals surface area contributed by atoms with Gasteiger partial charge in [0.05, 0.1) is 6.54 Å². The van der Waals surface area contributed by atoms with Crippen LogP contribution in [-0.4, -0.2) is 25.1 Å². The molecule has 0 heterocycles. The van der Waals surface area contributed by atoms with Gasteiger partial charge >= 0.3 is 0 Å². The molecule has 1 fully saturated rings. The third kappa shape index (κ3) is 6.02. The highest BCUT2D eigenvalue weighted by Crippen LogP contribution is 2.26. The second-order valence-corrected chi connectivity index (χ2v) is 6.44. The van der Waals surface area contributed by atoms with E-state index in [2.05, 4.69) is 37.5 Å². The fourth-order valence-electron chi connectivity index (χ4n) is 2.02. The number of guanidine groups is 1. The SMILES string of the molecule is CCNC(=NCC(C)(C)c1cccc(Cl)c1)NC1CC1.I. The van der Waals surface area contributed by atoms with E-state index in [0.717, 1.165) is 24.1 Å². The van der Waals surface area contributed by atoms with Gasteiger partial charge in [0.15, 0.2) is 5.96 Å². The molecule has 3 nitrogen and oxygen atoms in total. The highest BCUT2D eigenvalue weighted by molar-refractivity contribution is 14.0. The molecule has 0 amide bonds. The van der Waals surface area contributed by atoms with E-state index < -0.39 is 0 Å². The van der Waals surface area contributed by atoms with Crippen molar-refractivity contribution in [2.24, 2.45) is 4.99 Å². The Hall–Kier alpha value is -0.490. The van der Waals surface area contributed by atoms with E-state index in [0.29, 0.717) is 6.04 Å². The maximum Gasteiger partial charge on any atom is 0.191 e. The first-order valence-corrected chi connectivity index (χ1v) is 7.70. The lowest BCUT2D eigenvalue weighted by atomic mass is 9.85. The van der Waals surface area contributed by atoms with Crippen molar-refractivity contribution in [1.82, 2.24) is 10.6 Å². The Kier molecular flexibility index (Phi) is 7.27. The number of benzene rings is 1. The van der Waals surface area contributed by atoms with Gasteiger partial charge in [-0.15, -0.1) is 24.0 Å². The van der Waals surface area contributed by atoms with E-state index in [9.17, 15) is 0 Å². The zero-order valence-electron chi connectivity index (χ0n) is 12.9. The van der Waals surface area contributed by atoms with Crippen LogP contribution < -0.4 is 10.6 Å². The topological polar surface area (TPSA) is 36.4 Å². The largest absolute Gasteiger partial charge is 0.357 e. The summed E-state index contributed by atoms with van der Waals surface area (Å²) in [6.07, 6.45) is 2.50. The van der Waals surface area contributed by atoms with Gasteiger partial charge in [-0.2, -0.15) is 0 Å². The molecule has 5 heteroatoms. The van der Waals surface area contributed by atoms with Gasteiger partial charge in [-0.1, -0.05) is 37.6 Å². The van der Waals surface area contributed by atoms with Gasteiger partial charge < -0.3 is 10.6 Å². The Bertz CT molecular complexity index is 484. The second-order valence-electron chi connectivity index (χ2n) is 6.01. The molecule has 1 aromatic rings. The first-order valence-electron chi connectivity index (χ1n) is 7.32. The fourth-order valence-corrected chi connectivity index (χ4v) is 2.21. The van der Waals surface area contributed by atoms with Gasteiger partial charge in [-0.05, 0) is 37.5 Å². The molecule has 21 heavy (non-hydrogen) atoms. The van der Waals surface area contributed by atoms with Gasteiger partial charge in [0.25, 0.3) is 0 Å². The number of rotatable bonds is 5. The van der Waals surface area contributed by atoms with E-state index in [1.54, 1.807) is 0 Å². The van der Waals surface area contributed by atoms with Crippen molar-refractivity contribution in [3.8, 4) is 0 Å². The fraction of sp³-hybridized carbons (Fsp3) is 0.562. The summed E-state index contributed by atoms with van der Waals surface area (Å²) in [7, 11) is 0. The van der Waals surface area contributed by atoms with E-state index in [4.69, 9.17) is 16.6 Å². The second kappa shape index (κ2) is 8.22. The number of aliphatic imine (C=N–C) groups is 1. The molecule has 0 saturated heterocycles. The molecule has 1 aliphatic rings. The van der Waals surface area contributed by atoms with Crippen LogP contribution in [0, 0.1) is 0 Å². The molecule has 0 spiro atoms. The van der Waals surface area contributed by atoms with Crippen LogP contribution >= 0.6 is 35.6 Å². The molecule has 0 aromatic heterocycles. The lowest BCUT2D eigenvalue weighted by Crippen LogP contribution is -2.39. The smallest absolute Gasteiger partial charge is 0.191 e. The third-order valence-electron chi connectivity index (χ3n) is 3.50. The van der Waals surface area contributed by atoms with Crippen LogP contribution in [0.3, 0.4) is 0 Å². The summed E-state index contributed by atoms with van der Waals surface area (Å²) in [5.41, 5.74) is 1.19. The average molecular weight is 422 g/mol. The molecule has 2 N–H and O–H groups in total. The lowest BCUT2D eigenvalue weighted by Gasteiger charge is -2.24. The van der Waals surface area contributed by atoms with Crippen molar-refractivity contribution in [3.05, 3.63) is 34.9 Å². The average Bonchev–Trinajstić information content (AvgIpc) is 3.20. The Labute approximate surface area is 150 Å². The molecule has 1 aromatic carbocycles. The Balaban J connectivity index is 0.00000220. The number of nitrogens with zero attached hydrogens (tertiary/aromatic N) is 1. The van der Waals surface area contributed by atoms with Crippen molar-refractivity contribution < 1.29 is 0 Å². The Morgan fingerprint density at radius 1 is 1.38 bits per heavy atom. The zero-order chi connectivity index (χ0) is 14.6. The van der Waals surface area contributed by atoms with Gasteiger partial charge in [0.2, 0.25) is 0 Å². The summed E-state index contributed by atoms with van der Waals surface area (Å²) in [5.74, 6) is 0.921. The Morgan fingerprint density at radius 2 is 2.10 bits per heavy atom. The van der Waals surface area contributed by atoms with E-state index >= 15 is 0 Å². The highest BCUT2D eigenvalue weighted by Gasteiger charge is 2.24. The maximum atomic E-state index is 6.08. The van der Waals surface area contributed by atoms with Crippen LogP contribution in [0.1, 0.15) is 39.2 Å². The normalized spacial score (nSPS) is 15.3. The minimum absolute atomic E-state index is 0. The molecule has 0 bridgehead atoms. The quantitative estimate of drug-likeness (QED) is 0.429. The number of nitrogens with one attached hydrogen (secondary N) is 2. The van der Waals surface area contributed by atoms with Crippen LogP contribution in [0.25, 0.3) is 0 Å². The summed E-state index contributed by atoms with van der Waals surface area (Å²) in [6.45, 7) is 8.10. The molecule has 2 rings (SSSR count). The number of hydrogen-bond donors (Lipinski definition) is 2. The minimum Gasteiger partial charge on any atom is -0.357 e. The summed E-state index contributed by atoms with van der Waals surface area (Å²) in [5, 5.41) is 7.52. The first kappa shape index (κ1) is 18.6. The molecule has 0 radical (unpaired) electrons. The Morgan fingerprint density at radius 3 is 2.67 bits per heavy atom. The van der Waals surface area contributed by atoms with Gasteiger partial charge in [-0.25, -0.2) is 0 Å². The number of hydrogen-bond acceptors (Lipinski definition) is 1. The number of halogens is 2. The van der Waals surface area contributed by atoms with E-state index in [-0.39, 0.29) is 29.4 Å². The molecule has 1 aliphatic carbocycles. The standard InChI is InChI=1S/C16H24ClN3.HI/c1-4-18-15(20-14-8-9-14)19-11-16(2,3)12-6-5-7-13(17)10-12;/h5-7,10,14H,4,8-9,11H2,1-3H3,(H2,18,19,20);1H. The third-order valence-corrected chi connectivity index (χ3v) is 3.74. The predicted octanol–water partition coefficient (Wildman–Crippen LogP) is 3.95. The van der Waals surface area contributed by atoms with Crippen molar-refractivity contribution >= 4 is 41.5 Å². The monoisotopic (exact) mass is 421 g/mol. The zero-order valence-corrected chi connectivity index (χ0v) is 16.0. The van der Waals surface area contributed by atoms with Crippen LogP contribution in [-0.2, 0) is 5.41 Å². The predicted molar refractivity (Wildman–Crippen MR) is 102 cm³/mol. The summed E-state index contributed by atoms with van der Waals surface area (Å²) in [4.78, 5) is 4.72. The van der Waals surface area contributed by atoms with Gasteiger partial charge in [0.1, 0.15) is 0 Å². The van der Waals surface area contributed by atoms with Crippen molar-refractivity contribution in [3.63, 3.8) is 0 Å². The molecular formula is C16H25ClIN3. The van der Waals surface area contributed by atoms with E-state index in [1.165, 1.54) is 18.4 Å². The molecule has 0 aliphatic heterocycles. The molecule has 0 unspecified atom stereocenters. The van der Waals surface area contributed by atoms with Crippen molar-refractivity contribution in [2.75, 3.05) is 13.1 Å². The first-order chi connectivity index (χ1) is 9.51. The minimum atomic E-state index is -0.0310. The van der Waals surface area contributed by atoms with Crippen molar-refractivity contribution in [1.29, 1.82) is 0 Å². The van der Waals surface area contributed by atoms with Gasteiger partial charge in [-0.3, -0.25) is 4.99 Å². The maximum absolute atomic E-state index is 6.08. The molecule has 118 valence electrons. The lowest BCUT2D eigenvalue weighted by molar-refractivity contribution is 0.537. The van der Waals surface area contributed by atoms with Crippen LogP contribution in [0.15, 0.2) is 29.3 Å². The summed E-state index contributed by atoms with van der Waals surface area (Å²) >= 11 is 6.08. The van der Waals surface area contributed by atoms with Crippen LogP contribution in [0.4, 0.5) is 0 Å². The van der Waals surface area contributed by atoms with E-state index in [1.807, 2.05) is 18.2 Å². The van der Waals surface area contributed by atoms with Crippen LogP contribution in [0.2, 0.25) is 5.02 Å². The molecule has 0 atom stereocenters. The van der Waals surface area contributed by atoms with Gasteiger partial charge in [0, 0.05) is 23.0 Å². The molecule has 1 saturated carbocycles.